The Morgan fingerprint density at radius 3 is 2.48 bits per heavy atom. The molecular weight excluding hydrogens is 392 g/mol. The molecule has 3 aromatic rings. The molecule has 1 unspecified atom stereocenters. The molecule has 0 bridgehead atoms. The van der Waals surface area contributed by atoms with Gasteiger partial charge in [0.05, 0.1) is 0 Å². The maximum atomic E-state index is 12.9. The molecule has 2 aliphatic heterocycles. The van der Waals surface area contributed by atoms with Crippen LogP contribution in [-0.2, 0) is 11.3 Å². The van der Waals surface area contributed by atoms with Crippen LogP contribution < -0.4 is 9.47 Å². The smallest absolute Gasteiger partial charge is 0.267 e. The van der Waals surface area contributed by atoms with Crippen molar-refractivity contribution >= 4 is 5.91 Å². The standard InChI is InChI=1S/C24H26N4O3/c29-24(22-18-30-20-8-4-5-9-21(20)31-22)28-16-13-26(14-17-28)12-15-27-11-10-25-23(27)19-6-2-1-3-7-19/h1-11,22H,12-18H2. The summed E-state index contributed by atoms with van der Waals surface area (Å²) in [5.74, 6) is 2.34. The van der Waals surface area contributed by atoms with Crippen molar-refractivity contribution in [3.8, 4) is 22.9 Å². The van der Waals surface area contributed by atoms with E-state index in [1.54, 1.807) is 0 Å². The van der Waals surface area contributed by atoms with E-state index in [2.05, 4.69) is 26.6 Å². The summed E-state index contributed by atoms with van der Waals surface area (Å²) in [4.78, 5) is 21.7. The Morgan fingerprint density at radius 1 is 0.935 bits per heavy atom. The first kappa shape index (κ1) is 19.6. The van der Waals surface area contributed by atoms with Crippen molar-refractivity contribution in [2.75, 3.05) is 39.3 Å². The molecule has 0 aliphatic carbocycles. The zero-order valence-electron chi connectivity index (χ0n) is 17.4. The van der Waals surface area contributed by atoms with Gasteiger partial charge in [-0.1, -0.05) is 42.5 Å². The zero-order chi connectivity index (χ0) is 21.0. The number of fused-ring (bicyclic) bond motifs is 1. The highest BCUT2D eigenvalue weighted by molar-refractivity contribution is 5.82. The normalized spacial score (nSPS) is 18.7. The van der Waals surface area contributed by atoms with Gasteiger partial charge in [0.2, 0.25) is 6.10 Å². The predicted molar refractivity (Wildman–Crippen MR) is 117 cm³/mol. The number of ether oxygens (including phenoxy) is 2. The van der Waals surface area contributed by atoms with E-state index >= 15 is 0 Å². The Kier molecular flexibility index (Phi) is 5.58. The number of aromatic nitrogens is 2. The Labute approximate surface area is 181 Å². The van der Waals surface area contributed by atoms with Gasteiger partial charge in [0, 0.05) is 57.2 Å². The second-order valence-corrected chi connectivity index (χ2v) is 7.84. The summed E-state index contributed by atoms with van der Waals surface area (Å²) >= 11 is 0. The molecule has 31 heavy (non-hydrogen) atoms. The lowest BCUT2D eigenvalue weighted by Crippen LogP contribution is -2.54. The van der Waals surface area contributed by atoms with Gasteiger partial charge in [-0.2, -0.15) is 0 Å². The summed E-state index contributed by atoms with van der Waals surface area (Å²) in [7, 11) is 0. The van der Waals surface area contributed by atoms with Crippen LogP contribution in [-0.4, -0.2) is 70.7 Å². The largest absolute Gasteiger partial charge is 0.485 e. The van der Waals surface area contributed by atoms with Crippen LogP contribution in [0.5, 0.6) is 11.5 Å². The molecule has 0 spiro atoms. The number of benzene rings is 2. The minimum atomic E-state index is -0.569. The maximum Gasteiger partial charge on any atom is 0.267 e. The first-order valence-electron chi connectivity index (χ1n) is 10.7. The van der Waals surface area contributed by atoms with Crippen LogP contribution in [0.2, 0.25) is 0 Å². The van der Waals surface area contributed by atoms with Gasteiger partial charge >= 0.3 is 0 Å². The van der Waals surface area contributed by atoms with Crippen LogP contribution in [0, 0.1) is 0 Å². The molecular formula is C24H26N4O3. The predicted octanol–water partition coefficient (Wildman–Crippen LogP) is 2.53. The monoisotopic (exact) mass is 418 g/mol. The van der Waals surface area contributed by atoms with Gasteiger partial charge in [-0.15, -0.1) is 0 Å². The first-order chi connectivity index (χ1) is 15.3. The van der Waals surface area contributed by atoms with Crippen LogP contribution >= 0.6 is 0 Å². The minimum absolute atomic E-state index is 0.00938. The number of rotatable bonds is 5. The van der Waals surface area contributed by atoms with E-state index in [0.717, 1.165) is 37.6 Å². The van der Waals surface area contributed by atoms with Crippen LogP contribution in [0.15, 0.2) is 67.0 Å². The highest BCUT2D eigenvalue weighted by Crippen LogP contribution is 2.31. The summed E-state index contributed by atoms with van der Waals surface area (Å²) in [6.07, 6.45) is 3.31. The first-order valence-corrected chi connectivity index (χ1v) is 10.7. The number of nitrogens with zero attached hydrogens (tertiary/aromatic N) is 4. The van der Waals surface area contributed by atoms with Gasteiger partial charge in [0.15, 0.2) is 11.5 Å². The van der Waals surface area contributed by atoms with Crippen LogP contribution in [0.25, 0.3) is 11.4 Å². The Morgan fingerprint density at radius 2 is 1.68 bits per heavy atom. The molecule has 2 aliphatic rings. The SMILES string of the molecule is O=C(C1COc2ccccc2O1)N1CCN(CCn2ccnc2-c2ccccc2)CC1. The molecule has 0 saturated carbocycles. The molecule has 0 radical (unpaired) electrons. The van der Waals surface area contributed by atoms with Gasteiger partial charge < -0.3 is 18.9 Å². The summed E-state index contributed by atoms with van der Waals surface area (Å²) in [5.41, 5.74) is 1.12. The number of hydrogen-bond donors (Lipinski definition) is 0. The number of amides is 1. The average Bonchev–Trinajstić information content (AvgIpc) is 3.31. The van der Waals surface area contributed by atoms with Gasteiger partial charge in [-0.25, -0.2) is 4.98 Å². The summed E-state index contributed by atoms with van der Waals surface area (Å²) < 4.78 is 13.8. The molecule has 5 rings (SSSR count). The average molecular weight is 418 g/mol. The number of para-hydroxylation sites is 2. The minimum Gasteiger partial charge on any atom is -0.485 e. The molecule has 1 fully saturated rings. The van der Waals surface area contributed by atoms with Crippen molar-refractivity contribution in [2.45, 2.75) is 12.6 Å². The number of carbonyl (C=O) groups excluding carboxylic acids is 1. The van der Waals surface area contributed by atoms with Gasteiger partial charge in [0.25, 0.3) is 5.91 Å². The summed E-state index contributed by atoms with van der Waals surface area (Å²) in [6, 6.07) is 17.7. The fourth-order valence-corrected chi connectivity index (χ4v) is 4.12. The number of carbonyl (C=O) groups is 1. The van der Waals surface area contributed by atoms with E-state index in [1.807, 2.05) is 59.8 Å². The van der Waals surface area contributed by atoms with Crippen LogP contribution in [0.1, 0.15) is 0 Å². The van der Waals surface area contributed by atoms with Crippen LogP contribution in [0.4, 0.5) is 0 Å². The van der Waals surface area contributed by atoms with E-state index in [9.17, 15) is 4.79 Å². The fourth-order valence-electron chi connectivity index (χ4n) is 4.12. The van der Waals surface area contributed by atoms with Crippen molar-refractivity contribution in [1.29, 1.82) is 0 Å². The number of piperazine rings is 1. The van der Waals surface area contributed by atoms with Crippen LogP contribution in [0.3, 0.4) is 0 Å². The summed E-state index contributed by atoms with van der Waals surface area (Å²) in [6.45, 7) is 5.17. The topological polar surface area (TPSA) is 59.8 Å². The third-order valence-electron chi connectivity index (χ3n) is 5.87. The molecule has 0 N–H and O–H groups in total. The molecule has 7 nitrogen and oxygen atoms in total. The van der Waals surface area contributed by atoms with E-state index in [0.29, 0.717) is 24.6 Å². The molecule has 3 heterocycles. The molecule has 7 heteroatoms. The van der Waals surface area contributed by atoms with E-state index < -0.39 is 6.10 Å². The zero-order valence-corrected chi connectivity index (χ0v) is 17.4. The molecule has 2 aromatic carbocycles. The van der Waals surface area contributed by atoms with Crippen molar-refractivity contribution in [1.82, 2.24) is 19.4 Å². The lowest BCUT2D eigenvalue weighted by atomic mass is 10.2. The molecule has 1 saturated heterocycles. The van der Waals surface area contributed by atoms with Crippen molar-refractivity contribution in [3.05, 3.63) is 67.0 Å². The lowest BCUT2D eigenvalue weighted by molar-refractivity contribution is -0.143. The second-order valence-electron chi connectivity index (χ2n) is 7.84. The lowest BCUT2D eigenvalue weighted by Gasteiger charge is -2.37. The maximum absolute atomic E-state index is 12.9. The van der Waals surface area contributed by atoms with E-state index in [-0.39, 0.29) is 12.5 Å². The molecule has 1 aromatic heterocycles. The molecule has 1 amide bonds. The Bertz CT molecular complexity index is 1030. The van der Waals surface area contributed by atoms with E-state index in [4.69, 9.17) is 9.47 Å². The number of imidazole rings is 1. The highest BCUT2D eigenvalue weighted by Gasteiger charge is 2.32. The Balaban J connectivity index is 1.12. The second kappa shape index (κ2) is 8.81. The molecule has 160 valence electrons. The molecule has 1 atom stereocenters. The van der Waals surface area contributed by atoms with Gasteiger partial charge in [-0.05, 0) is 12.1 Å². The van der Waals surface area contributed by atoms with Crippen molar-refractivity contribution < 1.29 is 14.3 Å². The van der Waals surface area contributed by atoms with Crippen molar-refractivity contribution in [3.63, 3.8) is 0 Å². The quantitative estimate of drug-likeness (QED) is 0.637. The fraction of sp³-hybridized carbons (Fsp3) is 0.333. The van der Waals surface area contributed by atoms with Gasteiger partial charge in [0.1, 0.15) is 12.4 Å². The summed E-state index contributed by atoms with van der Waals surface area (Å²) in [5, 5.41) is 0. The van der Waals surface area contributed by atoms with E-state index in [1.165, 1.54) is 0 Å². The third-order valence-corrected chi connectivity index (χ3v) is 5.87. The highest BCUT2D eigenvalue weighted by atomic mass is 16.6. The third kappa shape index (κ3) is 4.27. The number of hydrogen-bond acceptors (Lipinski definition) is 5. The van der Waals surface area contributed by atoms with Crippen molar-refractivity contribution in [2.24, 2.45) is 0 Å². The van der Waals surface area contributed by atoms with Gasteiger partial charge in [-0.3, -0.25) is 9.69 Å². The Hall–Kier alpha value is -3.32.